The van der Waals surface area contributed by atoms with E-state index in [0.29, 0.717) is 6.42 Å². The normalized spacial score (nSPS) is 16.2. The second kappa shape index (κ2) is 9.54. The number of nitrogens with zero attached hydrogens (tertiary/aromatic N) is 1. The molecule has 1 aliphatic rings. The lowest BCUT2D eigenvalue weighted by atomic mass is 9.84. The summed E-state index contributed by atoms with van der Waals surface area (Å²) in [5, 5.41) is 10.7. The zero-order valence-corrected chi connectivity index (χ0v) is 21.9. The molecule has 5 nitrogen and oxygen atoms in total. The number of aliphatic hydroxyl groups excluding tert-OH is 1. The Morgan fingerprint density at radius 2 is 1.74 bits per heavy atom. The molecule has 1 aromatic heterocycles. The predicted molar refractivity (Wildman–Crippen MR) is 138 cm³/mol. The van der Waals surface area contributed by atoms with Crippen molar-refractivity contribution in [1.82, 2.24) is 4.90 Å². The maximum Gasteiger partial charge on any atom is 0.289 e. The van der Waals surface area contributed by atoms with Gasteiger partial charge in [-0.05, 0) is 99.9 Å². The smallest absolute Gasteiger partial charge is 0.289 e. The first kappa shape index (κ1) is 25.1. The highest BCUT2D eigenvalue weighted by atomic mass is 16.5. The van der Waals surface area contributed by atoms with E-state index < -0.39 is 12.1 Å². The van der Waals surface area contributed by atoms with Crippen LogP contribution in [0.15, 0.2) is 46.9 Å². The highest BCUT2D eigenvalue weighted by Crippen LogP contribution is 2.41. The second-order valence-corrected chi connectivity index (χ2v) is 10.5. The third kappa shape index (κ3) is 4.87. The van der Waals surface area contributed by atoms with Crippen molar-refractivity contribution in [3.63, 3.8) is 0 Å². The Hall–Kier alpha value is -3.05. The highest BCUT2D eigenvalue weighted by molar-refractivity contribution is 5.91. The van der Waals surface area contributed by atoms with E-state index in [1.165, 1.54) is 27.8 Å². The van der Waals surface area contributed by atoms with Crippen molar-refractivity contribution in [3.05, 3.63) is 87.4 Å². The van der Waals surface area contributed by atoms with Crippen molar-refractivity contribution in [2.24, 2.45) is 0 Å². The first-order valence-electron chi connectivity index (χ1n) is 12.4. The molecular weight excluding hydrogens is 438 g/mol. The average Bonchev–Trinajstić information content (AvgIpc) is 3.32. The minimum Gasteiger partial charge on any atom is -0.487 e. The van der Waals surface area contributed by atoms with Crippen molar-refractivity contribution in [2.75, 3.05) is 7.05 Å². The van der Waals surface area contributed by atoms with Crippen molar-refractivity contribution in [2.45, 2.75) is 78.6 Å². The monoisotopic (exact) mass is 475 g/mol. The molecule has 4 rings (SSSR count). The molecule has 35 heavy (non-hydrogen) atoms. The molecule has 0 aliphatic carbocycles. The van der Waals surface area contributed by atoms with Gasteiger partial charge in [0.25, 0.3) is 5.91 Å². The van der Waals surface area contributed by atoms with E-state index in [9.17, 15) is 9.90 Å². The fourth-order valence-electron chi connectivity index (χ4n) is 4.98. The summed E-state index contributed by atoms with van der Waals surface area (Å²) in [7, 11) is 1.70. The molecule has 0 spiro atoms. The van der Waals surface area contributed by atoms with Crippen LogP contribution in [0.3, 0.4) is 0 Å². The second-order valence-electron chi connectivity index (χ2n) is 10.5. The number of aliphatic hydroxyl groups is 1. The summed E-state index contributed by atoms with van der Waals surface area (Å²) >= 11 is 0. The van der Waals surface area contributed by atoms with Gasteiger partial charge < -0.3 is 19.2 Å². The van der Waals surface area contributed by atoms with Crippen LogP contribution in [0.4, 0.5) is 0 Å². The van der Waals surface area contributed by atoms with Crippen LogP contribution in [0, 0.1) is 20.8 Å². The zero-order chi connectivity index (χ0) is 25.5. The van der Waals surface area contributed by atoms with Crippen LogP contribution in [0.5, 0.6) is 5.75 Å². The van der Waals surface area contributed by atoms with E-state index in [4.69, 9.17) is 9.15 Å². The fraction of sp³-hybridized carbons (Fsp3) is 0.433. The molecule has 0 fully saturated rings. The Balaban J connectivity index is 1.54. The maximum absolute atomic E-state index is 13.1. The van der Waals surface area contributed by atoms with E-state index in [0.717, 1.165) is 29.9 Å². The third-order valence-electron chi connectivity index (χ3n) is 7.64. The van der Waals surface area contributed by atoms with Crippen molar-refractivity contribution in [3.8, 4) is 5.75 Å². The minimum absolute atomic E-state index is 0.147. The molecule has 2 aromatic carbocycles. The standard InChI is InChI=1S/C30H37NO4/c1-18-19(2)28-24(15-16-30(5,6)35-28)20(3)25(18)17-23-13-14-26(34-23)29(33)31(7)21(4)27(32)22-11-9-8-10-12-22/h8-14,21,27,32H,15-17H2,1-7H3. The van der Waals surface area contributed by atoms with E-state index in [-0.39, 0.29) is 17.3 Å². The van der Waals surface area contributed by atoms with E-state index in [1.807, 2.05) is 43.3 Å². The average molecular weight is 476 g/mol. The van der Waals surface area contributed by atoms with Crippen LogP contribution in [0.25, 0.3) is 0 Å². The summed E-state index contributed by atoms with van der Waals surface area (Å²) in [5.74, 6) is 1.82. The Kier molecular flexibility index (Phi) is 6.83. The Morgan fingerprint density at radius 3 is 2.43 bits per heavy atom. The lowest BCUT2D eigenvalue weighted by molar-refractivity contribution is 0.0460. The van der Waals surface area contributed by atoms with Gasteiger partial charge in [0, 0.05) is 13.5 Å². The van der Waals surface area contributed by atoms with Gasteiger partial charge in [-0.25, -0.2) is 0 Å². The molecule has 0 bridgehead atoms. The molecule has 1 aliphatic heterocycles. The van der Waals surface area contributed by atoms with Gasteiger partial charge in [0.2, 0.25) is 0 Å². The largest absolute Gasteiger partial charge is 0.487 e. The molecule has 2 heterocycles. The lowest BCUT2D eigenvalue weighted by Gasteiger charge is -2.35. The number of hydrogen-bond acceptors (Lipinski definition) is 4. The summed E-state index contributed by atoms with van der Waals surface area (Å²) in [4.78, 5) is 14.7. The van der Waals surface area contributed by atoms with Gasteiger partial charge in [0.15, 0.2) is 5.76 Å². The van der Waals surface area contributed by atoms with Crippen molar-refractivity contribution < 1.29 is 19.1 Å². The number of carbonyl (C=O) groups excluding carboxylic acids is 1. The van der Waals surface area contributed by atoms with Gasteiger partial charge in [0.05, 0.1) is 12.1 Å². The summed E-state index contributed by atoms with van der Waals surface area (Å²) in [6, 6.07) is 12.6. The van der Waals surface area contributed by atoms with Gasteiger partial charge in [0.1, 0.15) is 17.1 Å². The van der Waals surface area contributed by atoms with Gasteiger partial charge in [-0.2, -0.15) is 0 Å². The Labute approximate surface area is 208 Å². The number of carbonyl (C=O) groups is 1. The van der Waals surface area contributed by atoms with Gasteiger partial charge >= 0.3 is 0 Å². The number of benzene rings is 2. The molecular formula is C30H37NO4. The van der Waals surface area contributed by atoms with Crippen LogP contribution < -0.4 is 4.74 Å². The van der Waals surface area contributed by atoms with Crippen molar-refractivity contribution >= 4 is 5.91 Å². The molecule has 2 unspecified atom stereocenters. The van der Waals surface area contributed by atoms with Crippen LogP contribution in [0.2, 0.25) is 0 Å². The van der Waals surface area contributed by atoms with E-state index in [1.54, 1.807) is 18.0 Å². The lowest BCUT2D eigenvalue weighted by Crippen LogP contribution is -2.38. The predicted octanol–water partition coefficient (Wildman–Crippen LogP) is 6.09. The third-order valence-corrected chi connectivity index (χ3v) is 7.64. The number of furan rings is 1. The molecule has 0 saturated heterocycles. The first-order valence-corrected chi connectivity index (χ1v) is 12.4. The number of likely N-dealkylation sites (N-methyl/N-ethyl adjacent to an activating group) is 1. The van der Waals surface area contributed by atoms with Crippen LogP contribution in [0.1, 0.15) is 83.0 Å². The summed E-state index contributed by atoms with van der Waals surface area (Å²) < 4.78 is 12.4. The SMILES string of the molecule is Cc1c(C)c2c(c(C)c1Cc1ccc(C(=O)N(C)C(C)C(O)c3ccccc3)o1)CCC(C)(C)O2. The number of rotatable bonds is 6. The number of ether oxygens (including phenoxy) is 1. The molecule has 2 atom stereocenters. The Bertz CT molecular complexity index is 1220. The molecule has 0 radical (unpaired) electrons. The van der Waals surface area contributed by atoms with Gasteiger partial charge in [-0.1, -0.05) is 30.3 Å². The topological polar surface area (TPSA) is 62.9 Å². The minimum atomic E-state index is -0.782. The fourth-order valence-corrected chi connectivity index (χ4v) is 4.98. The van der Waals surface area contributed by atoms with Crippen LogP contribution >= 0.6 is 0 Å². The summed E-state index contributed by atoms with van der Waals surface area (Å²) in [5.41, 5.74) is 6.79. The van der Waals surface area contributed by atoms with Crippen LogP contribution in [-0.4, -0.2) is 34.6 Å². The number of amides is 1. The van der Waals surface area contributed by atoms with Crippen LogP contribution in [-0.2, 0) is 12.8 Å². The number of hydrogen-bond donors (Lipinski definition) is 1. The molecule has 186 valence electrons. The summed E-state index contributed by atoms with van der Waals surface area (Å²) in [6.45, 7) is 12.6. The van der Waals surface area contributed by atoms with Gasteiger partial charge in [-0.15, -0.1) is 0 Å². The summed E-state index contributed by atoms with van der Waals surface area (Å²) in [6.07, 6.45) is 1.82. The van der Waals surface area contributed by atoms with Crippen molar-refractivity contribution in [1.29, 1.82) is 0 Å². The maximum atomic E-state index is 13.1. The number of fused-ring (bicyclic) bond motifs is 1. The quantitative estimate of drug-likeness (QED) is 0.468. The van der Waals surface area contributed by atoms with E-state index in [2.05, 4.69) is 34.6 Å². The van der Waals surface area contributed by atoms with Gasteiger partial charge in [-0.3, -0.25) is 4.79 Å². The zero-order valence-electron chi connectivity index (χ0n) is 21.9. The van der Waals surface area contributed by atoms with E-state index >= 15 is 0 Å². The molecule has 1 amide bonds. The highest BCUT2D eigenvalue weighted by Gasteiger charge is 2.31. The molecule has 0 saturated carbocycles. The molecule has 5 heteroatoms. The molecule has 1 N–H and O–H groups in total. The Morgan fingerprint density at radius 1 is 1.06 bits per heavy atom. The first-order chi connectivity index (χ1) is 16.5. The molecule has 3 aromatic rings.